The number of carbonyl (C=O) groups excluding carboxylic acids is 1. The van der Waals surface area contributed by atoms with Gasteiger partial charge in [-0.3, -0.25) is 4.79 Å². The Morgan fingerprint density at radius 3 is 2.55 bits per heavy atom. The van der Waals surface area contributed by atoms with Gasteiger partial charge >= 0.3 is 0 Å². The number of allylic oxidation sites excluding steroid dienone is 1. The van der Waals surface area contributed by atoms with E-state index in [0.29, 0.717) is 25.3 Å². The molecule has 0 fully saturated rings. The van der Waals surface area contributed by atoms with E-state index >= 15 is 0 Å². The van der Waals surface area contributed by atoms with E-state index < -0.39 is 6.29 Å². The number of carbonyl (C=O) groups is 1. The number of aliphatic hydroxyl groups is 1. The smallest absolute Gasteiger partial charge is 0.286 e. The van der Waals surface area contributed by atoms with Crippen LogP contribution in [0.3, 0.4) is 0 Å². The molecule has 1 aliphatic heterocycles. The fraction of sp³-hybridized carbons (Fsp3) is 0.240. The van der Waals surface area contributed by atoms with Gasteiger partial charge in [0.25, 0.3) is 5.91 Å². The minimum absolute atomic E-state index is 0.0153. The van der Waals surface area contributed by atoms with Gasteiger partial charge in [0.1, 0.15) is 0 Å². The molecule has 0 unspecified atom stereocenters. The van der Waals surface area contributed by atoms with Crippen LogP contribution in [0.5, 0.6) is 0 Å². The Balaban J connectivity index is 1.42. The van der Waals surface area contributed by atoms with Crippen LogP contribution in [0.15, 0.2) is 83.3 Å². The van der Waals surface area contributed by atoms with Crippen molar-refractivity contribution in [2.75, 3.05) is 0 Å². The summed E-state index contributed by atoms with van der Waals surface area (Å²) < 4.78 is 11.9. The number of nitrogens with one attached hydrogen (secondary N) is 1. The van der Waals surface area contributed by atoms with E-state index in [1.54, 1.807) is 11.3 Å². The highest BCUT2D eigenvalue weighted by molar-refractivity contribution is 7.08. The van der Waals surface area contributed by atoms with Crippen LogP contribution in [-0.4, -0.2) is 17.3 Å². The zero-order valence-corrected chi connectivity index (χ0v) is 17.9. The molecule has 0 aliphatic carbocycles. The first-order chi connectivity index (χ1) is 15.2. The number of amides is 1. The van der Waals surface area contributed by atoms with Crippen molar-refractivity contribution in [2.45, 2.75) is 38.4 Å². The third-order valence-electron chi connectivity index (χ3n) is 5.19. The van der Waals surface area contributed by atoms with Crippen molar-refractivity contribution in [1.29, 1.82) is 0 Å². The topological polar surface area (TPSA) is 67.8 Å². The molecule has 6 heteroatoms. The lowest BCUT2D eigenvalue weighted by atomic mass is 9.95. The van der Waals surface area contributed by atoms with Crippen molar-refractivity contribution >= 4 is 17.2 Å². The van der Waals surface area contributed by atoms with Crippen LogP contribution in [0.25, 0.3) is 0 Å². The summed E-state index contributed by atoms with van der Waals surface area (Å²) in [6.45, 7) is 0.819. The molecule has 4 rings (SSSR count). The molecule has 0 spiro atoms. The predicted molar refractivity (Wildman–Crippen MR) is 120 cm³/mol. The fourth-order valence-electron chi connectivity index (χ4n) is 3.43. The summed E-state index contributed by atoms with van der Waals surface area (Å²) in [5.41, 5.74) is 4.02. The molecule has 3 aromatic rings. The van der Waals surface area contributed by atoms with Crippen molar-refractivity contribution in [3.63, 3.8) is 0 Å². The van der Waals surface area contributed by atoms with Gasteiger partial charge in [-0.1, -0.05) is 54.6 Å². The molecule has 2 N–H and O–H groups in total. The van der Waals surface area contributed by atoms with E-state index in [2.05, 4.69) is 16.8 Å². The average Bonchev–Trinajstić information content (AvgIpc) is 3.37. The normalized spacial score (nSPS) is 18.2. The Morgan fingerprint density at radius 1 is 1.06 bits per heavy atom. The number of hydrogen-bond donors (Lipinski definition) is 2. The summed E-state index contributed by atoms with van der Waals surface area (Å²) in [6.07, 6.45) is 2.00. The molecule has 2 heterocycles. The molecule has 5 nitrogen and oxygen atoms in total. The molecule has 1 aliphatic rings. The van der Waals surface area contributed by atoms with Gasteiger partial charge in [0, 0.05) is 18.9 Å². The number of rotatable bonds is 8. The summed E-state index contributed by atoms with van der Waals surface area (Å²) in [6, 6.07) is 19.4. The van der Waals surface area contributed by atoms with Gasteiger partial charge in [-0.25, -0.2) is 0 Å². The van der Waals surface area contributed by atoms with E-state index in [1.165, 1.54) is 0 Å². The summed E-state index contributed by atoms with van der Waals surface area (Å²) in [7, 11) is 0. The number of aliphatic hydroxyl groups excluding tert-OH is 1. The Morgan fingerprint density at radius 2 is 1.84 bits per heavy atom. The van der Waals surface area contributed by atoms with E-state index in [4.69, 9.17) is 9.47 Å². The predicted octanol–water partition coefficient (Wildman–Crippen LogP) is 4.49. The molecule has 0 saturated carbocycles. The number of ether oxygens (including phenoxy) is 2. The summed E-state index contributed by atoms with van der Waals surface area (Å²) in [5, 5.41) is 16.2. The van der Waals surface area contributed by atoms with Crippen LogP contribution in [0.2, 0.25) is 0 Å². The van der Waals surface area contributed by atoms with Crippen LogP contribution >= 0.6 is 11.3 Å². The minimum atomic E-state index is -0.523. The third kappa shape index (κ3) is 5.82. The van der Waals surface area contributed by atoms with Crippen LogP contribution in [0.1, 0.15) is 34.6 Å². The Labute approximate surface area is 186 Å². The second-order valence-corrected chi connectivity index (χ2v) is 8.21. The molecule has 0 radical (unpaired) electrons. The first kappa shape index (κ1) is 21.3. The molecule has 0 saturated heterocycles. The first-order valence-corrected chi connectivity index (χ1v) is 11.2. The third-order valence-corrected chi connectivity index (χ3v) is 5.89. The van der Waals surface area contributed by atoms with Crippen LogP contribution in [0, 0.1) is 0 Å². The number of thiophene rings is 1. The second-order valence-electron chi connectivity index (χ2n) is 7.43. The quantitative estimate of drug-likeness (QED) is 0.547. The number of hydrogen-bond acceptors (Lipinski definition) is 5. The monoisotopic (exact) mass is 435 g/mol. The fourth-order valence-corrected chi connectivity index (χ4v) is 4.16. The molecular weight excluding hydrogens is 410 g/mol. The van der Waals surface area contributed by atoms with E-state index in [9.17, 15) is 9.90 Å². The van der Waals surface area contributed by atoms with E-state index in [0.717, 1.165) is 22.3 Å². The Hall–Kier alpha value is -2.93. The lowest BCUT2D eigenvalue weighted by Crippen LogP contribution is -2.32. The summed E-state index contributed by atoms with van der Waals surface area (Å²) >= 11 is 1.63. The summed E-state index contributed by atoms with van der Waals surface area (Å²) in [4.78, 5) is 12.8. The molecule has 160 valence electrons. The maximum Gasteiger partial charge on any atom is 0.286 e. The second kappa shape index (κ2) is 10.4. The minimum Gasteiger partial charge on any atom is -0.459 e. The van der Waals surface area contributed by atoms with Crippen LogP contribution in [0.4, 0.5) is 0 Å². The van der Waals surface area contributed by atoms with Gasteiger partial charge in [-0.2, -0.15) is 11.3 Å². The Bertz CT molecular complexity index is 1000. The van der Waals surface area contributed by atoms with Gasteiger partial charge in [-0.15, -0.1) is 0 Å². The van der Waals surface area contributed by atoms with Crippen molar-refractivity contribution in [3.05, 3.63) is 106 Å². The van der Waals surface area contributed by atoms with Crippen molar-refractivity contribution in [2.24, 2.45) is 0 Å². The van der Waals surface area contributed by atoms with Crippen molar-refractivity contribution < 1.29 is 19.4 Å². The highest BCUT2D eigenvalue weighted by Crippen LogP contribution is 2.33. The molecule has 1 aromatic heterocycles. The molecule has 2 atom stereocenters. The van der Waals surface area contributed by atoms with Gasteiger partial charge in [-0.05, 0) is 45.2 Å². The van der Waals surface area contributed by atoms with Crippen LogP contribution in [-0.2, 0) is 34.0 Å². The highest BCUT2D eigenvalue weighted by Gasteiger charge is 2.29. The van der Waals surface area contributed by atoms with Gasteiger partial charge in [0.2, 0.25) is 6.29 Å². The lowest BCUT2D eigenvalue weighted by Gasteiger charge is -2.29. The van der Waals surface area contributed by atoms with Gasteiger partial charge in [0.15, 0.2) is 5.76 Å². The largest absolute Gasteiger partial charge is 0.459 e. The maximum absolute atomic E-state index is 12.8. The highest BCUT2D eigenvalue weighted by atomic mass is 32.1. The molecule has 1 amide bonds. The number of benzene rings is 2. The molecular formula is C25H25NO4S. The Kier molecular flexibility index (Phi) is 7.14. The lowest BCUT2D eigenvalue weighted by molar-refractivity contribution is -0.150. The van der Waals surface area contributed by atoms with Crippen molar-refractivity contribution in [1.82, 2.24) is 5.32 Å². The summed E-state index contributed by atoms with van der Waals surface area (Å²) in [5.74, 6) is 0.0999. The standard InChI is InChI=1S/C25H25NO4S/c27-15-19-6-8-20(9-7-19)16-29-24-13-22(21-10-11-31-17-21)12-23(30-24)25(28)26-14-18-4-2-1-3-5-18/h1-12,17,22,24,27H,13-16H2,(H,26,28)/t22-,24+/m0/s1. The van der Waals surface area contributed by atoms with Gasteiger partial charge in [0.05, 0.1) is 13.2 Å². The molecule has 31 heavy (non-hydrogen) atoms. The average molecular weight is 436 g/mol. The molecule has 2 aromatic carbocycles. The van der Waals surface area contributed by atoms with E-state index in [-0.39, 0.29) is 18.4 Å². The zero-order chi connectivity index (χ0) is 21.5. The zero-order valence-electron chi connectivity index (χ0n) is 17.1. The van der Waals surface area contributed by atoms with Gasteiger partial charge < -0.3 is 19.9 Å². The SMILES string of the molecule is O=C(NCc1ccccc1)C1=C[C@H](c2ccsc2)C[C@H](OCc2ccc(CO)cc2)O1. The van der Waals surface area contributed by atoms with E-state index in [1.807, 2.05) is 66.1 Å². The van der Waals surface area contributed by atoms with Crippen LogP contribution < -0.4 is 5.32 Å². The maximum atomic E-state index is 12.8. The first-order valence-electron chi connectivity index (χ1n) is 10.2. The van der Waals surface area contributed by atoms with Crippen molar-refractivity contribution in [3.8, 4) is 0 Å². The molecule has 0 bridgehead atoms.